The van der Waals surface area contributed by atoms with Gasteiger partial charge in [-0.05, 0) is 51.2 Å². The van der Waals surface area contributed by atoms with E-state index >= 15 is 0 Å². The van der Waals surface area contributed by atoms with E-state index in [0.29, 0.717) is 22.2 Å². The average molecular weight is 377 g/mol. The van der Waals surface area contributed by atoms with Crippen LogP contribution in [0.15, 0.2) is 6.07 Å². The van der Waals surface area contributed by atoms with Gasteiger partial charge in [0.05, 0.1) is 8.67 Å². The lowest BCUT2D eigenvalue weighted by atomic mass is 10.2. The number of halogens is 2. The fourth-order valence-corrected chi connectivity index (χ4v) is 4.92. The SMILES string of the molecule is CC(NC1C2CN(C(=O)OC(C)(C)C)CC21)c1cc(Cl)sc1Cl. The molecule has 1 aliphatic heterocycles. The molecular weight excluding hydrogens is 355 g/mol. The topological polar surface area (TPSA) is 41.6 Å². The highest BCUT2D eigenvalue weighted by Crippen LogP contribution is 2.47. The van der Waals surface area contributed by atoms with E-state index in [1.54, 1.807) is 0 Å². The molecule has 4 nitrogen and oxygen atoms in total. The van der Waals surface area contributed by atoms with Gasteiger partial charge >= 0.3 is 6.09 Å². The summed E-state index contributed by atoms with van der Waals surface area (Å²) in [7, 11) is 0. The van der Waals surface area contributed by atoms with Crippen molar-refractivity contribution in [2.75, 3.05) is 13.1 Å². The molecule has 7 heteroatoms. The Labute approximate surface area is 151 Å². The number of thiophene rings is 1. The van der Waals surface area contributed by atoms with Crippen molar-refractivity contribution in [3.63, 3.8) is 0 Å². The number of hydrogen-bond acceptors (Lipinski definition) is 4. The van der Waals surface area contributed by atoms with Crippen LogP contribution < -0.4 is 5.32 Å². The molecule has 1 saturated carbocycles. The first-order valence-electron chi connectivity index (χ1n) is 7.84. The number of piperidine rings is 1. The highest BCUT2D eigenvalue weighted by atomic mass is 35.5. The molecule has 1 aromatic heterocycles. The molecule has 128 valence electrons. The van der Waals surface area contributed by atoms with Crippen molar-refractivity contribution in [3.8, 4) is 0 Å². The number of fused-ring (bicyclic) bond motifs is 1. The fourth-order valence-electron chi connectivity index (χ4n) is 3.28. The molecule has 0 spiro atoms. The van der Waals surface area contributed by atoms with Crippen LogP contribution in [0.1, 0.15) is 39.3 Å². The molecule has 0 aromatic carbocycles. The van der Waals surface area contributed by atoms with Crippen LogP contribution in [-0.2, 0) is 4.74 Å². The maximum Gasteiger partial charge on any atom is 0.410 e. The molecule has 0 radical (unpaired) electrons. The van der Waals surface area contributed by atoms with Crippen molar-refractivity contribution in [2.45, 2.75) is 45.4 Å². The van der Waals surface area contributed by atoms with Gasteiger partial charge in [-0.25, -0.2) is 4.79 Å². The Morgan fingerprint density at radius 2 is 2.00 bits per heavy atom. The Kier molecular flexibility index (Phi) is 4.60. The van der Waals surface area contributed by atoms with Gasteiger partial charge in [-0.2, -0.15) is 0 Å². The minimum atomic E-state index is -0.439. The van der Waals surface area contributed by atoms with Crippen molar-refractivity contribution in [3.05, 3.63) is 20.3 Å². The summed E-state index contributed by atoms with van der Waals surface area (Å²) < 4.78 is 6.89. The summed E-state index contributed by atoms with van der Waals surface area (Å²) in [6.45, 7) is 9.31. The second-order valence-corrected chi connectivity index (χ2v) is 9.69. The summed E-state index contributed by atoms with van der Waals surface area (Å²) in [6.07, 6.45) is -0.204. The van der Waals surface area contributed by atoms with Crippen LogP contribution in [0.4, 0.5) is 4.79 Å². The minimum absolute atomic E-state index is 0.164. The third-order valence-corrected chi connectivity index (χ3v) is 5.96. The van der Waals surface area contributed by atoms with E-state index in [-0.39, 0.29) is 12.1 Å². The lowest BCUT2D eigenvalue weighted by Crippen LogP contribution is -2.39. The fraction of sp³-hybridized carbons (Fsp3) is 0.688. The van der Waals surface area contributed by atoms with E-state index in [2.05, 4.69) is 12.2 Å². The van der Waals surface area contributed by atoms with E-state index in [1.165, 1.54) is 11.3 Å². The van der Waals surface area contributed by atoms with E-state index < -0.39 is 5.60 Å². The molecule has 3 atom stereocenters. The van der Waals surface area contributed by atoms with Crippen LogP contribution in [0.2, 0.25) is 8.67 Å². The molecule has 2 aliphatic rings. The molecule has 1 aliphatic carbocycles. The second kappa shape index (κ2) is 6.10. The average Bonchev–Trinajstić information content (AvgIpc) is 2.77. The van der Waals surface area contributed by atoms with Gasteiger partial charge in [-0.3, -0.25) is 0 Å². The molecule has 3 rings (SSSR count). The largest absolute Gasteiger partial charge is 0.444 e. The number of hydrogen-bond donors (Lipinski definition) is 1. The van der Waals surface area contributed by atoms with Crippen molar-refractivity contribution >= 4 is 40.6 Å². The first kappa shape index (κ1) is 17.3. The number of likely N-dealkylation sites (tertiary alicyclic amines) is 1. The number of rotatable bonds is 3. The molecule has 1 aromatic rings. The van der Waals surface area contributed by atoms with Crippen molar-refractivity contribution in [1.29, 1.82) is 0 Å². The van der Waals surface area contributed by atoms with Gasteiger partial charge in [0.15, 0.2) is 0 Å². The molecule has 2 heterocycles. The molecule has 1 saturated heterocycles. The lowest BCUT2D eigenvalue weighted by Gasteiger charge is -2.26. The van der Waals surface area contributed by atoms with Gasteiger partial charge in [-0.1, -0.05) is 23.2 Å². The Morgan fingerprint density at radius 1 is 1.39 bits per heavy atom. The van der Waals surface area contributed by atoms with E-state index in [9.17, 15) is 4.79 Å². The maximum absolute atomic E-state index is 12.1. The van der Waals surface area contributed by atoms with Crippen LogP contribution in [-0.4, -0.2) is 35.7 Å². The molecule has 3 unspecified atom stereocenters. The molecule has 23 heavy (non-hydrogen) atoms. The summed E-state index contributed by atoms with van der Waals surface area (Å²) in [5.74, 6) is 1.02. The summed E-state index contributed by atoms with van der Waals surface area (Å²) in [6, 6.07) is 2.53. The predicted octanol–water partition coefficient (Wildman–Crippen LogP) is 4.57. The second-order valence-electron chi connectivity index (χ2n) is 7.41. The van der Waals surface area contributed by atoms with Crippen molar-refractivity contribution in [2.24, 2.45) is 11.8 Å². The van der Waals surface area contributed by atoms with E-state index in [1.807, 2.05) is 31.7 Å². The zero-order valence-electron chi connectivity index (χ0n) is 13.7. The minimum Gasteiger partial charge on any atom is -0.444 e. The normalized spacial score (nSPS) is 27.7. The standard InChI is InChI=1S/C16H22Cl2N2O2S/c1-8(9-5-12(17)23-14(9)18)19-13-10-6-20(7-11(10)13)15(21)22-16(2,3)4/h5,8,10-11,13,19H,6-7H2,1-4H3. The first-order chi connectivity index (χ1) is 10.7. The number of ether oxygens (including phenoxy) is 1. The number of carbonyl (C=O) groups is 1. The van der Waals surface area contributed by atoms with E-state index in [4.69, 9.17) is 27.9 Å². The summed E-state index contributed by atoms with van der Waals surface area (Å²) in [5.41, 5.74) is 0.612. The first-order valence-corrected chi connectivity index (χ1v) is 9.41. The van der Waals surface area contributed by atoms with Crippen molar-refractivity contribution < 1.29 is 9.53 Å². The van der Waals surface area contributed by atoms with Crippen LogP contribution in [0.3, 0.4) is 0 Å². The monoisotopic (exact) mass is 376 g/mol. The number of amides is 1. The van der Waals surface area contributed by atoms with Crippen LogP contribution >= 0.6 is 34.5 Å². The highest BCUT2D eigenvalue weighted by Gasteiger charge is 2.57. The zero-order valence-corrected chi connectivity index (χ0v) is 16.1. The molecular formula is C16H22Cl2N2O2S. The Bertz CT molecular complexity index is 602. The summed E-state index contributed by atoms with van der Waals surface area (Å²) in [5, 5.41) is 3.62. The Balaban J connectivity index is 1.51. The zero-order chi connectivity index (χ0) is 16.9. The molecule has 1 amide bonds. The summed E-state index contributed by atoms with van der Waals surface area (Å²) in [4.78, 5) is 13.9. The van der Waals surface area contributed by atoms with Gasteiger partial charge < -0.3 is 15.0 Å². The quantitative estimate of drug-likeness (QED) is 0.839. The van der Waals surface area contributed by atoms with Crippen LogP contribution in [0, 0.1) is 11.8 Å². The predicted molar refractivity (Wildman–Crippen MR) is 94.5 cm³/mol. The smallest absolute Gasteiger partial charge is 0.410 e. The maximum atomic E-state index is 12.1. The molecule has 2 fully saturated rings. The summed E-state index contributed by atoms with van der Waals surface area (Å²) >= 11 is 13.6. The Hall–Kier alpha value is -0.490. The number of nitrogens with zero attached hydrogens (tertiary/aromatic N) is 1. The van der Waals surface area contributed by atoms with Gasteiger partial charge in [0.1, 0.15) is 5.60 Å². The van der Waals surface area contributed by atoms with E-state index in [0.717, 1.165) is 23.0 Å². The number of nitrogens with one attached hydrogen (secondary N) is 1. The number of carbonyl (C=O) groups excluding carboxylic acids is 1. The van der Waals surface area contributed by atoms with Crippen molar-refractivity contribution in [1.82, 2.24) is 10.2 Å². The van der Waals surface area contributed by atoms with Gasteiger partial charge in [0.2, 0.25) is 0 Å². The van der Waals surface area contributed by atoms with Crippen LogP contribution in [0.25, 0.3) is 0 Å². The third-order valence-electron chi connectivity index (χ3n) is 4.44. The molecule has 1 N–H and O–H groups in total. The Morgan fingerprint density at radius 3 is 2.48 bits per heavy atom. The molecule has 0 bridgehead atoms. The van der Waals surface area contributed by atoms with Crippen LogP contribution in [0.5, 0.6) is 0 Å². The third kappa shape index (κ3) is 3.78. The van der Waals surface area contributed by atoms with Gasteiger partial charge in [0.25, 0.3) is 0 Å². The van der Waals surface area contributed by atoms with Gasteiger partial charge in [0, 0.05) is 25.2 Å². The lowest BCUT2D eigenvalue weighted by molar-refractivity contribution is 0.0269. The highest BCUT2D eigenvalue weighted by molar-refractivity contribution is 7.20. The van der Waals surface area contributed by atoms with Gasteiger partial charge in [-0.15, -0.1) is 11.3 Å².